The summed E-state index contributed by atoms with van der Waals surface area (Å²) in [6, 6.07) is 48.4. The van der Waals surface area contributed by atoms with E-state index >= 15 is 0 Å². The molecule has 0 saturated heterocycles. The summed E-state index contributed by atoms with van der Waals surface area (Å²) in [6.07, 6.45) is 8.69. The molecule has 1 aliphatic heterocycles. The fraction of sp³-hybridized carbons (Fsp3) is 0.0698. The molecule has 0 spiro atoms. The molecule has 0 fully saturated rings. The molecule has 3 heterocycles. The second-order valence-electron chi connectivity index (χ2n) is 12.7. The van der Waals surface area contributed by atoms with Crippen molar-refractivity contribution in [3.05, 3.63) is 163 Å². The fourth-order valence-electron chi connectivity index (χ4n) is 7.71. The maximum Gasteiger partial charge on any atom is 0.149 e. The highest BCUT2D eigenvalue weighted by atomic mass is 32.1. The first kappa shape index (κ1) is 26.6. The lowest BCUT2D eigenvalue weighted by Gasteiger charge is -2.26. The summed E-state index contributed by atoms with van der Waals surface area (Å²) in [4.78, 5) is 2.35. The number of para-hydroxylation sites is 2. The van der Waals surface area contributed by atoms with E-state index in [0.29, 0.717) is 0 Å². The first-order valence-electron chi connectivity index (χ1n) is 16.1. The average molecular weight is 623 g/mol. The quantitative estimate of drug-likeness (QED) is 0.194. The minimum atomic E-state index is -0.186. The van der Waals surface area contributed by atoms with E-state index in [1.807, 2.05) is 11.3 Å². The van der Waals surface area contributed by atoms with Gasteiger partial charge in [0.25, 0.3) is 0 Å². The molecule has 2 aromatic heterocycles. The molecular weight excluding hydrogens is 593 g/mol. The first-order valence-corrected chi connectivity index (χ1v) is 17.0. The molecule has 0 N–H and O–H groups in total. The number of nitrogens with zero attached hydrogens (tertiary/aromatic N) is 2. The summed E-state index contributed by atoms with van der Waals surface area (Å²) < 4.78 is 11.8. The van der Waals surface area contributed by atoms with E-state index in [9.17, 15) is 0 Å². The summed E-state index contributed by atoms with van der Waals surface area (Å²) in [5, 5.41) is 5.03. The summed E-state index contributed by atoms with van der Waals surface area (Å²) in [7, 11) is 0. The molecule has 2 unspecified atom stereocenters. The van der Waals surface area contributed by atoms with Crippen LogP contribution in [0.1, 0.15) is 12.5 Å². The molecule has 1 aliphatic carbocycles. The number of benzene rings is 6. The lowest BCUT2D eigenvalue weighted by molar-refractivity contribution is 0.229. The number of thiophene rings is 1. The molecule has 224 valence electrons. The van der Waals surface area contributed by atoms with E-state index in [4.69, 9.17) is 4.74 Å². The topological polar surface area (TPSA) is 17.4 Å². The van der Waals surface area contributed by atoms with Crippen LogP contribution in [0.2, 0.25) is 0 Å². The third-order valence-electron chi connectivity index (χ3n) is 10.0. The van der Waals surface area contributed by atoms with Crippen molar-refractivity contribution in [2.75, 3.05) is 4.90 Å². The molecule has 47 heavy (non-hydrogen) atoms. The Labute approximate surface area is 276 Å². The number of aromatic nitrogens is 1. The van der Waals surface area contributed by atoms with Gasteiger partial charge in [-0.3, -0.25) is 0 Å². The number of allylic oxidation sites excluding steroid dienone is 2. The minimum Gasteiger partial charge on any atom is -0.483 e. The van der Waals surface area contributed by atoms with E-state index in [0.717, 1.165) is 34.0 Å². The van der Waals surface area contributed by atoms with Gasteiger partial charge in [-0.1, -0.05) is 85.0 Å². The molecule has 0 saturated carbocycles. The summed E-state index contributed by atoms with van der Waals surface area (Å²) in [6.45, 7) is 2.28. The molecule has 0 bridgehead atoms. The smallest absolute Gasteiger partial charge is 0.149 e. The molecule has 2 aliphatic rings. The van der Waals surface area contributed by atoms with Crippen molar-refractivity contribution >= 4 is 70.4 Å². The van der Waals surface area contributed by atoms with Crippen LogP contribution in [0.15, 0.2) is 158 Å². The minimum absolute atomic E-state index is 0.0148. The van der Waals surface area contributed by atoms with Gasteiger partial charge in [-0.05, 0) is 79.7 Å². The van der Waals surface area contributed by atoms with Crippen LogP contribution in [0.5, 0.6) is 5.75 Å². The van der Waals surface area contributed by atoms with Gasteiger partial charge < -0.3 is 14.2 Å². The van der Waals surface area contributed by atoms with Crippen LogP contribution in [0.3, 0.4) is 0 Å². The van der Waals surface area contributed by atoms with Gasteiger partial charge in [-0.15, -0.1) is 11.3 Å². The Morgan fingerprint density at radius 2 is 1.36 bits per heavy atom. The van der Waals surface area contributed by atoms with Crippen molar-refractivity contribution < 1.29 is 4.74 Å². The lowest BCUT2D eigenvalue weighted by atomic mass is 9.76. The van der Waals surface area contributed by atoms with Gasteiger partial charge in [0.1, 0.15) is 11.9 Å². The monoisotopic (exact) mass is 622 g/mol. The van der Waals surface area contributed by atoms with E-state index in [1.54, 1.807) is 0 Å². The zero-order valence-corrected chi connectivity index (χ0v) is 26.6. The van der Waals surface area contributed by atoms with Gasteiger partial charge in [0, 0.05) is 59.3 Å². The number of fused-ring (bicyclic) bond motifs is 10. The third-order valence-corrected chi connectivity index (χ3v) is 11.2. The Hall–Kier alpha value is -5.58. The number of ether oxygens (including phenoxy) is 1. The van der Waals surface area contributed by atoms with Crippen LogP contribution in [-0.4, -0.2) is 10.7 Å². The summed E-state index contributed by atoms with van der Waals surface area (Å²) in [5.74, 6) is 0.980. The highest BCUT2D eigenvalue weighted by Gasteiger charge is 2.44. The molecule has 2 atom stereocenters. The van der Waals surface area contributed by atoms with Gasteiger partial charge in [0.05, 0.1) is 16.4 Å². The fourth-order valence-corrected chi connectivity index (χ4v) is 8.80. The van der Waals surface area contributed by atoms with Crippen molar-refractivity contribution in [2.45, 2.75) is 18.4 Å². The molecule has 0 radical (unpaired) electrons. The van der Waals surface area contributed by atoms with E-state index in [-0.39, 0.29) is 11.5 Å². The lowest BCUT2D eigenvalue weighted by Crippen LogP contribution is -2.32. The predicted octanol–water partition coefficient (Wildman–Crippen LogP) is 11.8. The van der Waals surface area contributed by atoms with E-state index in [1.165, 1.54) is 42.0 Å². The molecular formula is C43H30N2OS. The SMILES string of the molecule is CC12C=CC=CC1Oc1c2ccc2c3ccccc3n(-c3ccc(N(c4ccccc4)c4ccc5sc6ccccc6c5c4)cc3)c12. The van der Waals surface area contributed by atoms with Gasteiger partial charge >= 0.3 is 0 Å². The maximum atomic E-state index is 6.79. The number of anilines is 3. The Morgan fingerprint density at radius 1 is 0.638 bits per heavy atom. The summed E-state index contributed by atoms with van der Waals surface area (Å²) >= 11 is 1.85. The molecule has 6 aromatic carbocycles. The normalized spacial score (nSPS) is 18.2. The van der Waals surface area contributed by atoms with Crippen LogP contribution in [0.4, 0.5) is 17.1 Å². The van der Waals surface area contributed by atoms with Crippen molar-refractivity contribution in [1.82, 2.24) is 4.57 Å². The largest absolute Gasteiger partial charge is 0.483 e. The Kier molecular flexibility index (Phi) is 5.64. The predicted molar refractivity (Wildman–Crippen MR) is 198 cm³/mol. The number of hydrogen-bond donors (Lipinski definition) is 0. The van der Waals surface area contributed by atoms with Crippen LogP contribution >= 0.6 is 11.3 Å². The Bertz CT molecular complexity index is 2570. The zero-order chi connectivity index (χ0) is 31.1. The maximum absolute atomic E-state index is 6.79. The van der Waals surface area contributed by atoms with Crippen molar-refractivity contribution in [3.8, 4) is 11.4 Å². The van der Waals surface area contributed by atoms with Crippen LogP contribution in [0, 0.1) is 0 Å². The van der Waals surface area contributed by atoms with Gasteiger partial charge in [-0.25, -0.2) is 0 Å². The number of rotatable bonds is 4. The first-order chi connectivity index (χ1) is 23.2. The molecule has 8 aromatic rings. The van der Waals surface area contributed by atoms with E-state index < -0.39 is 0 Å². The third kappa shape index (κ3) is 3.85. The van der Waals surface area contributed by atoms with Gasteiger partial charge in [-0.2, -0.15) is 0 Å². The van der Waals surface area contributed by atoms with Crippen LogP contribution in [-0.2, 0) is 5.41 Å². The highest BCUT2D eigenvalue weighted by molar-refractivity contribution is 7.25. The zero-order valence-electron chi connectivity index (χ0n) is 25.8. The summed E-state index contributed by atoms with van der Waals surface area (Å²) in [5.41, 5.74) is 7.83. The Balaban J connectivity index is 1.15. The van der Waals surface area contributed by atoms with Gasteiger partial charge in [0.15, 0.2) is 0 Å². The van der Waals surface area contributed by atoms with E-state index in [2.05, 4.69) is 174 Å². The molecule has 4 heteroatoms. The number of hydrogen-bond acceptors (Lipinski definition) is 3. The highest BCUT2D eigenvalue weighted by Crippen LogP contribution is 2.51. The van der Waals surface area contributed by atoms with Crippen molar-refractivity contribution in [1.29, 1.82) is 0 Å². The molecule has 10 rings (SSSR count). The van der Waals surface area contributed by atoms with Gasteiger partial charge in [0.2, 0.25) is 0 Å². The van der Waals surface area contributed by atoms with Crippen LogP contribution < -0.4 is 9.64 Å². The average Bonchev–Trinajstić information content (AvgIpc) is 3.76. The standard InChI is InChI=1S/C43H30N2OS/c1-43-26-10-9-17-40(43)46-42-36(43)24-23-34-32-13-5-7-15-37(32)45(41(34)42)30-20-18-29(19-21-30)44(28-11-3-2-4-12-28)31-22-25-39-35(27-31)33-14-6-8-16-38(33)47-39/h2-27,40H,1H3. The van der Waals surface area contributed by atoms with Crippen molar-refractivity contribution in [2.24, 2.45) is 0 Å². The second kappa shape index (κ2) is 9.96. The molecule has 3 nitrogen and oxygen atoms in total. The second-order valence-corrected chi connectivity index (χ2v) is 13.8. The van der Waals surface area contributed by atoms with Crippen LogP contribution in [0.25, 0.3) is 47.7 Å². The Morgan fingerprint density at radius 3 is 2.23 bits per heavy atom. The van der Waals surface area contributed by atoms with Crippen molar-refractivity contribution in [3.63, 3.8) is 0 Å². The molecule has 0 amide bonds.